The molecule has 1 aromatic carbocycles. The molecule has 2 rings (SSSR count). The molecule has 0 radical (unpaired) electrons. The Hall–Kier alpha value is -1.56. The molecule has 0 saturated heterocycles. The van der Waals surface area contributed by atoms with E-state index in [0.29, 0.717) is 13.0 Å². The number of nitrogens with zero attached hydrogens (tertiary/aromatic N) is 1. The molecule has 122 valence electrons. The maximum atomic E-state index is 12.4. The van der Waals surface area contributed by atoms with Gasteiger partial charge in [-0.1, -0.05) is 18.2 Å². The fourth-order valence-electron chi connectivity index (χ4n) is 2.59. The van der Waals surface area contributed by atoms with Crippen LogP contribution in [0.1, 0.15) is 38.7 Å². The van der Waals surface area contributed by atoms with Gasteiger partial charge < -0.3 is 4.74 Å². The topological polar surface area (TPSA) is 63.7 Å². The van der Waals surface area contributed by atoms with Crippen molar-refractivity contribution >= 4 is 21.6 Å². The van der Waals surface area contributed by atoms with Crippen LogP contribution in [0.3, 0.4) is 0 Å². The molecule has 1 aliphatic heterocycles. The summed E-state index contributed by atoms with van der Waals surface area (Å²) in [6.45, 7) is 5.94. The van der Waals surface area contributed by atoms with Gasteiger partial charge in [0.25, 0.3) is 0 Å². The lowest BCUT2D eigenvalue weighted by atomic mass is 9.99. The van der Waals surface area contributed by atoms with E-state index in [1.54, 1.807) is 4.90 Å². The van der Waals surface area contributed by atoms with Crippen LogP contribution >= 0.6 is 0 Å². The molecule has 0 spiro atoms. The molecule has 6 heteroatoms. The Labute approximate surface area is 132 Å². The maximum absolute atomic E-state index is 12.4. The first-order valence-corrected chi connectivity index (χ1v) is 9.40. The number of benzene rings is 1. The Morgan fingerprint density at radius 3 is 2.55 bits per heavy atom. The summed E-state index contributed by atoms with van der Waals surface area (Å²) >= 11 is 0. The number of para-hydroxylation sites is 1. The number of sulfone groups is 1. The molecular weight excluding hydrogens is 302 g/mol. The minimum Gasteiger partial charge on any atom is -0.443 e. The monoisotopic (exact) mass is 325 g/mol. The molecule has 1 atom stereocenters. The predicted octanol–water partition coefficient (Wildman–Crippen LogP) is 2.96. The van der Waals surface area contributed by atoms with Crippen molar-refractivity contribution in [1.29, 1.82) is 0 Å². The van der Waals surface area contributed by atoms with Crippen molar-refractivity contribution in [2.75, 3.05) is 23.5 Å². The molecule has 5 nitrogen and oxygen atoms in total. The summed E-state index contributed by atoms with van der Waals surface area (Å²) in [5, 5.41) is 0. The summed E-state index contributed by atoms with van der Waals surface area (Å²) in [5.74, 6) is 0.146. The molecule has 0 aromatic heterocycles. The Morgan fingerprint density at radius 1 is 1.32 bits per heavy atom. The molecule has 22 heavy (non-hydrogen) atoms. The lowest BCUT2D eigenvalue weighted by Gasteiger charge is -2.25. The van der Waals surface area contributed by atoms with Crippen molar-refractivity contribution in [3.63, 3.8) is 0 Å². The smallest absolute Gasteiger partial charge is 0.414 e. The number of anilines is 1. The normalized spacial score (nSPS) is 18.2. The van der Waals surface area contributed by atoms with Crippen LogP contribution in [0.5, 0.6) is 0 Å². The van der Waals surface area contributed by atoms with Gasteiger partial charge in [-0.2, -0.15) is 0 Å². The first-order chi connectivity index (χ1) is 10.1. The van der Waals surface area contributed by atoms with Gasteiger partial charge in [-0.3, -0.25) is 4.90 Å². The van der Waals surface area contributed by atoms with Gasteiger partial charge >= 0.3 is 6.09 Å². The van der Waals surface area contributed by atoms with Gasteiger partial charge in [-0.05, 0) is 38.8 Å². The van der Waals surface area contributed by atoms with E-state index in [-0.39, 0.29) is 17.8 Å². The molecule has 1 unspecified atom stereocenters. The summed E-state index contributed by atoms with van der Waals surface area (Å²) in [4.78, 5) is 14.0. The van der Waals surface area contributed by atoms with E-state index in [2.05, 4.69) is 0 Å². The number of rotatable bonds is 3. The molecule has 0 saturated carbocycles. The zero-order valence-electron chi connectivity index (χ0n) is 13.5. The van der Waals surface area contributed by atoms with Gasteiger partial charge in [0.05, 0.1) is 11.4 Å². The minimum atomic E-state index is -3.02. The van der Waals surface area contributed by atoms with Crippen molar-refractivity contribution in [1.82, 2.24) is 0 Å². The second kappa shape index (κ2) is 5.91. The van der Waals surface area contributed by atoms with Gasteiger partial charge in [-0.25, -0.2) is 13.2 Å². The van der Waals surface area contributed by atoms with E-state index in [4.69, 9.17) is 4.74 Å². The van der Waals surface area contributed by atoms with Crippen LogP contribution in [0, 0.1) is 0 Å². The highest BCUT2D eigenvalue weighted by Gasteiger charge is 2.34. The van der Waals surface area contributed by atoms with Gasteiger partial charge in [0.2, 0.25) is 0 Å². The number of carbonyl (C=O) groups excluding carboxylic acids is 1. The molecular formula is C16H23NO4S. The summed E-state index contributed by atoms with van der Waals surface area (Å²) in [5.41, 5.74) is 1.27. The third-order valence-electron chi connectivity index (χ3n) is 3.52. The molecule has 0 bridgehead atoms. The second-order valence-corrected chi connectivity index (χ2v) is 9.02. The highest BCUT2D eigenvalue weighted by molar-refractivity contribution is 7.90. The summed E-state index contributed by atoms with van der Waals surface area (Å²) in [7, 11) is -3.02. The van der Waals surface area contributed by atoms with Crippen LogP contribution in [0.2, 0.25) is 0 Å². The molecule has 0 aliphatic carbocycles. The third-order valence-corrected chi connectivity index (χ3v) is 4.50. The zero-order valence-corrected chi connectivity index (χ0v) is 14.3. The Kier molecular flexibility index (Phi) is 4.52. The average molecular weight is 325 g/mol. The lowest BCUT2D eigenvalue weighted by molar-refractivity contribution is 0.0582. The van der Waals surface area contributed by atoms with Crippen molar-refractivity contribution in [2.24, 2.45) is 0 Å². The van der Waals surface area contributed by atoms with Gasteiger partial charge in [0, 0.05) is 18.7 Å². The zero-order chi connectivity index (χ0) is 16.5. The van der Waals surface area contributed by atoms with Gasteiger partial charge in [-0.15, -0.1) is 0 Å². The number of hydrogen-bond acceptors (Lipinski definition) is 4. The van der Waals surface area contributed by atoms with Crippen LogP contribution in [0.4, 0.5) is 10.5 Å². The quantitative estimate of drug-likeness (QED) is 0.857. The molecule has 1 heterocycles. The van der Waals surface area contributed by atoms with E-state index in [0.717, 1.165) is 11.3 Å². The maximum Gasteiger partial charge on any atom is 0.414 e. The summed E-state index contributed by atoms with van der Waals surface area (Å²) in [6, 6.07) is 7.60. The lowest BCUT2D eigenvalue weighted by Crippen LogP contribution is -2.36. The van der Waals surface area contributed by atoms with E-state index >= 15 is 0 Å². The van der Waals surface area contributed by atoms with Gasteiger partial charge in [0.1, 0.15) is 15.4 Å². The van der Waals surface area contributed by atoms with Crippen LogP contribution in [-0.4, -0.2) is 38.7 Å². The number of fused-ring (bicyclic) bond motifs is 1. The van der Waals surface area contributed by atoms with Crippen molar-refractivity contribution < 1.29 is 17.9 Å². The SMILES string of the molecule is CC(C)(C)OC(=O)N1CC(CCS(C)(=O)=O)c2ccccc21. The summed E-state index contributed by atoms with van der Waals surface area (Å²) < 4.78 is 28.2. The van der Waals surface area contributed by atoms with Crippen LogP contribution in [-0.2, 0) is 14.6 Å². The predicted molar refractivity (Wildman–Crippen MR) is 87.1 cm³/mol. The molecule has 1 aromatic rings. The largest absolute Gasteiger partial charge is 0.443 e. The van der Waals surface area contributed by atoms with Crippen molar-refractivity contribution in [2.45, 2.75) is 38.7 Å². The standard InChI is InChI=1S/C16H23NO4S/c1-16(2,3)21-15(18)17-11-12(9-10-22(4,19)20)13-7-5-6-8-14(13)17/h5-8,12H,9-11H2,1-4H3. The number of carbonyl (C=O) groups is 1. The molecule has 1 aliphatic rings. The van der Waals surface area contributed by atoms with E-state index < -0.39 is 15.4 Å². The Balaban J connectivity index is 2.20. The third kappa shape index (κ3) is 4.22. The molecule has 0 N–H and O–H groups in total. The van der Waals surface area contributed by atoms with Crippen LogP contribution < -0.4 is 4.90 Å². The van der Waals surface area contributed by atoms with E-state index in [9.17, 15) is 13.2 Å². The van der Waals surface area contributed by atoms with Crippen LogP contribution in [0.25, 0.3) is 0 Å². The fourth-order valence-corrected chi connectivity index (χ4v) is 3.30. The van der Waals surface area contributed by atoms with Gasteiger partial charge in [0.15, 0.2) is 0 Å². The van der Waals surface area contributed by atoms with Crippen LogP contribution in [0.15, 0.2) is 24.3 Å². The highest BCUT2D eigenvalue weighted by Crippen LogP contribution is 2.38. The fraction of sp³-hybridized carbons (Fsp3) is 0.562. The van der Waals surface area contributed by atoms with E-state index in [1.165, 1.54) is 6.26 Å². The number of ether oxygens (including phenoxy) is 1. The molecule has 0 fully saturated rings. The Morgan fingerprint density at radius 2 is 1.95 bits per heavy atom. The highest BCUT2D eigenvalue weighted by atomic mass is 32.2. The number of hydrogen-bond donors (Lipinski definition) is 0. The minimum absolute atomic E-state index is 0.0263. The average Bonchev–Trinajstić information content (AvgIpc) is 2.72. The second-order valence-electron chi connectivity index (χ2n) is 6.77. The number of amides is 1. The first kappa shape index (κ1) is 16.8. The Bertz CT molecular complexity index is 661. The van der Waals surface area contributed by atoms with Crippen molar-refractivity contribution in [3.05, 3.63) is 29.8 Å². The van der Waals surface area contributed by atoms with E-state index in [1.807, 2.05) is 45.0 Å². The summed E-state index contributed by atoms with van der Waals surface area (Å²) in [6.07, 6.45) is 1.36. The first-order valence-electron chi connectivity index (χ1n) is 7.34. The molecule has 1 amide bonds. The van der Waals surface area contributed by atoms with Crippen molar-refractivity contribution in [3.8, 4) is 0 Å².